The van der Waals surface area contributed by atoms with Crippen molar-refractivity contribution in [2.45, 2.75) is 44.4 Å². The standard InChI is InChI=1S/C25H28O2Si/c1-19(26)20-12-11-17-23(18-20)25(27-28-24(2,3)4,21-13-7-5-8-14-21)22-15-9-6-10-16-22/h5-19,26H,1-4H3. The van der Waals surface area contributed by atoms with Gasteiger partial charge >= 0.3 is 0 Å². The minimum absolute atomic E-state index is 0.0384. The minimum Gasteiger partial charge on any atom is -0.400 e. The van der Waals surface area contributed by atoms with E-state index in [9.17, 15) is 5.11 Å². The maximum absolute atomic E-state index is 10.2. The molecule has 144 valence electrons. The summed E-state index contributed by atoms with van der Waals surface area (Å²) in [5, 5.41) is 10.2. The fraction of sp³-hybridized carbons (Fsp3) is 0.280. The zero-order valence-electron chi connectivity index (χ0n) is 17.0. The third-order valence-corrected chi connectivity index (χ3v) is 5.67. The third-order valence-electron chi connectivity index (χ3n) is 4.65. The second-order valence-electron chi connectivity index (χ2n) is 8.17. The van der Waals surface area contributed by atoms with Crippen LogP contribution in [0.15, 0.2) is 84.9 Å². The Hall–Kier alpha value is -2.20. The van der Waals surface area contributed by atoms with E-state index in [1.165, 1.54) is 0 Å². The van der Waals surface area contributed by atoms with E-state index in [0.29, 0.717) is 9.76 Å². The van der Waals surface area contributed by atoms with E-state index in [1.807, 2.05) is 24.3 Å². The Kier molecular flexibility index (Phi) is 6.19. The van der Waals surface area contributed by atoms with Crippen molar-refractivity contribution in [2.24, 2.45) is 0 Å². The van der Waals surface area contributed by atoms with Crippen molar-refractivity contribution in [1.29, 1.82) is 0 Å². The lowest BCUT2D eigenvalue weighted by Gasteiger charge is -2.38. The fourth-order valence-corrected chi connectivity index (χ4v) is 4.08. The molecule has 0 bridgehead atoms. The van der Waals surface area contributed by atoms with E-state index in [2.05, 4.69) is 81.4 Å². The van der Waals surface area contributed by atoms with Crippen molar-refractivity contribution < 1.29 is 9.53 Å². The van der Waals surface area contributed by atoms with Gasteiger partial charge in [-0.3, -0.25) is 0 Å². The van der Waals surface area contributed by atoms with E-state index >= 15 is 0 Å². The van der Waals surface area contributed by atoms with Gasteiger partial charge in [-0.2, -0.15) is 0 Å². The summed E-state index contributed by atoms with van der Waals surface area (Å²) in [5.41, 5.74) is 3.34. The molecule has 3 heteroatoms. The summed E-state index contributed by atoms with van der Waals surface area (Å²) in [4.78, 5) is 0. The van der Waals surface area contributed by atoms with Crippen molar-refractivity contribution >= 4 is 9.76 Å². The van der Waals surface area contributed by atoms with Crippen LogP contribution in [-0.4, -0.2) is 14.9 Å². The molecule has 3 aromatic rings. The fourth-order valence-electron chi connectivity index (χ4n) is 3.27. The topological polar surface area (TPSA) is 29.5 Å². The number of hydrogen-bond donors (Lipinski definition) is 1. The van der Waals surface area contributed by atoms with Crippen LogP contribution in [0.3, 0.4) is 0 Å². The lowest BCUT2D eigenvalue weighted by Crippen LogP contribution is -2.36. The number of hydrogen-bond acceptors (Lipinski definition) is 2. The first-order chi connectivity index (χ1) is 13.3. The Balaban J connectivity index is 2.28. The van der Waals surface area contributed by atoms with E-state index in [1.54, 1.807) is 6.92 Å². The first-order valence-electron chi connectivity index (χ1n) is 9.68. The van der Waals surface area contributed by atoms with Gasteiger partial charge in [0.1, 0.15) is 5.60 Å². The van der Waals surface area contributed by atoms with Crippen molar-refractivity contribution in [3.8, 4) is 0 Å². The Morgan fingerprint density at radius 3 is 1.71 bits per heavy atom. The highest BCUT2D eigenvalue weighted by molar-refractivity contribution is 6.32. The molecule has 2 radical (unpaired) electrons. The predicted octanol–water partition coefficient (Wildman–Crippen LogP) is 5.89. The molecule has 0 saturated carbocycles. The van der Waals surface area contributed by atoms with E-state index in [0.717, 1.165) is 22.3 Å². The van der Waals surface area contributed by atoms with Crippen molar-refractivity contribution in [3.63, 3.8) is 0 Å². The van der Waals surface area contributed by atoms with Gasteiger partial charge < -0.3 is 9.53 Å². The molecule has 28 heavy (non-hydrogen) atoms. The van der Waals surface area contributed by atoms with Crippen LogP contribution in [0.5, 0.6) is 0 Å². The van der Waals surface area contributed by atoms with Gasteiger partial charge in [-0.25, -0.2) is 0 Å². The van der Waals surface area contributed by atoms with Crippen LogP contribution in [0.25, 0.3) is 0 Å². The normalized spacial score (nSPS) is 13.3. The summed E-state index contributed by atoms with van der Waals surface area (Å²) < 4.78 is 6.83. The number of aliphatic hydroxyl groups excluding tert-OH is 1. The average molecular weight is 389 g/mol. The van der Waals surface area contributed by atoms with E-state index in [-0.39, 0.29) is 5.04 Å². The van der Waals surface area contributed by atoms with Crippen LogP contribution in [0, 0.1) is 0 Å². The molecule has 0 heterocycles. The molecule has 0 aliphatic carbocycles. The number of aliphatic hydroxyl groups is 1. The molecule has 1 atom stereocenters. The molecule has 0 fully saturated rings. The minimum atomic E-state index is -0.737. The van der Waals surface area contributed by atoms with Crippen LogP contribution in [-0.2, 0) is 10.0 Å². The molecule has 3 rings (SSSR count). The SMILES string of the molecule is CC(O)c1cccc(C(O[Si]C(C)(C)C)(c2ccccc2)c2ccccc2)c1. The summed E-state index contributed by atoms with van der Waals surface area (Å²) in [7, 11) is 0.298. The molecule has 2 nitrogen and oxygen atoms in total. The summed E-state index contributed by atoms with van der Waals surface area (Å²) >= 11 is 0. The van der Waals surface area contributed by atoms with Gasteiger partial charge in [-0.05, 0) is 40.3 Å². The highest BCUT2D eigenvalue weighted by Crippen LogP contribution is 2.42. The van der Waals surface area contributed by atoms with Crippen LogP contribution in [0.1, 0.15) is 56.1 Å². The zero-order valence-corrected chi connectivity index (χ0v) is 18.0. The summed E-state index contributed by atoms with van der Waals surface area (Å²) in [6.45, 7) is 8.37. The van der Waals surface area contributed by atoms with Gasteiger partial charge in [0.25, 0.3) is 0 Å². The Morgan fingerprint density at radius 1 is 0.750 bits per heavy atom. The quantitative estimate of drug-likeness (QED) is 0.422. The Morgan fingerprint density at radius 2 is 1.25 bits per heavy atom. The molecule has 1 unspecified atom stereocenters. The predicted molar refractivity (Wildman–Crippen MR) is 116 cm³/mol. The monoisotopic (exact) mass is 388 g/mol. The van der Waals surface area contributed by atoms with Gasteiger partial charge in [-0.1, -0.05) is 99.6 Å². The third kappa shape index (κ3) is 4.44. The molecule has 3 aromatic carbocycles. The maximum Gasteiger partial charge on any atom is 0.237 e. The first-order valence-corrected chi connectivity index (χ1v) is 10.6. The largest absolute Gasteiger partial charge is 0.400 e. The molecule has 0 aromatic heterocycles. The molecule has 1 N–H and O–H groups in total. The van der Waals surface area contributed by atoms with Gasteiger partial charge in [0.05, 0.1) is 6.10 Å². The summed E-state index contributed by atoms with van der Waals surface area (Å²) in [6, 6.07) is 28.9. The van der Waals surface area contributed by atoms with Crippen molar-refractivity contribution in [3.05, 3.63) is 107 Å². The first kappa shape index (κ1) is 20.5. The van der Waals surface area contributed by atoms with E-state index < -0.39 is 11.7 Å². The van der Waals surface area contributed by atoms with Crippen LogP contribution in [0.4, 0.5) is 0 Å². The van der Waals surface area contributed by atoms with Crippen LogP contribution < -0.4 is 0 Å². The second-order valence-corrected chi connectivity index (χ2v) is 10.1. The molecule has 0 amide bonds. The average Bonchev–Trinajstić information content (AvgIpc) is 2.69. The van der Waals surface area contributed by atoms with Crippen LogP contribution >= 0.6 is 0 Å². The molecule has 0 saturated heterocycles. The lowest BCUT2D eigenvalue weighted by atomic mass is 9.80. The molecule has 0 aliphatic heterocycles. The van der Waals surface area contributed by atoms with Crippen LogP contribution in [0.2, 0.25) is 5.04 Å². The number of rotatable bonds is 6. The highest BCUT2D eigenvalue weighted by atomic mass is 28.2. The van der Waals surface area contributed by atoms with Crippen molar-refractivity contribution in [1.82, 2.24) is 0 Å². The van der Waals surface area contributed by atoms with Gasteiger partial charge in [0.2, 0.25) is 9.76 Å². The maximum atomic E-state index is 10.2. The van der Waals surface area contributed by atoms with Gasteiger partial charge in [0.15, 0.2) is 0 Å². The molecular weight excluding hydrogens is 360 g/mol. The smallest absolute Gasteiger partial charge is 0.237 e. The molecule has 0 spiro atoms. The highest BCUT2D eigenvalue weighted by Gasteiger charge is 2.39. The Labute approximate surface area is 171 Å². The molecular formula is C25H28O2Si. The second kappa shape index (κ2) is 8.44. The number of benzene rings is 3. The summed E-state index contributed by atoms with van der Waals surface area (Å²) in [6.07, 6.45) is -0.533. The van der Waals surface area contributed by atoms with E-state index in [4.69, 9.17) is 4.43 Å². The zero-order chi connectivity index (χ0) is 20.2. The van der Waals surface area contributed by atoms with Gasteiger partial charge in [0, 0.05) is 0 Å². The van der Waals surface area contributed by atoms with Gasteiger partial charge in [-0.15, -0.1) is 0 Å². The molecule has 0 aliphatic rings. The summed E-state index contributed by atoms with van der Waals surface area (Å²) in [5.74, 6) is 0. The lowest BCUT2D eigenvalue weighted by molar-refractivity contribution is 0.155. The Bertz CT molecular complexity index is 844. The van der Waals surface area contributed by atoms with Crippen molar-refractivity contribution in [2.75, 3.05) is 0 Å².